The van der Waals surface area contributed by atoms with E-state index >= 15 is 0 Å². The number of ether oxygens (including phenoxy) is 2. The fourth-order valence-electron chi connectivity index (χ4n) is 5.36. The second-order valence-electron chi connectivity index (χ2n) is 7.81. The van der Waals surface area contributed by atoms with Crippen molar-refractivity contribution in [2.75, 3.05) is 40.4 Å². The van der Waals surface area contributed by atoms with Gasteiger partial charge in [0.2, 0.25) is 11.6 Å². The molecule has 9 heteroatoms. The normalized spacial score (nSPS) is 38.9. The third-order valence-corrected chi connectivity index (χ3v) is 6.68. The highest BCUT2D eigenvalue weighted by Crippen LogP contribution is 2.59. The Hall–Kier alpha value is -2.39. The van der Waals surface area contributed by atoms with E-state index in [0.717, 1.165) is 13.1 Å². The Morgan fingerprint density at radius 3 is 2.56 bits per heavy atom. The summed E-state index contributed by atoms with van der Waals surface area (Å²) in [6.45, 7) is 3.75. The quantitative estimate of drug-likeness (QED) is 0.496. The highest BCUT2D eigenvalue weighted by molar-refractivity contribution is 6.25. The smallest absolute Gasteiger partial charge is 0.404 e. The van der Waals surface area contributed by atoms with Crippen LogP contribution in [0.25, 0.3) is 0 Å². The average Bonchev–Trinajstić information content (AvgIpc) is 3.49. The number of nitrogens with zero attached hydrogens (tertiary/aromatic N) is 3. The molecule has 0 bridgehead atoms. The Morgan fingerprint density at radius 2 is 1.96 bits per heavy atom. The fourth-order valence-corrected chi connectivity index (χ4v) is 5.36. The summed E-state index contributed by atoms with van der Waals surface area (Å²) in [4.78, 5) is 43.9. The summed E-state index contributed by atoms with van der Waals surface area (Å²) in [6, 6.07) is 0.274. The third-order valence-electron chi connectivity index (χ3n) is 6.68. The summed E-state index contributed by atoms with van der Waals surface area (Å²) < 4.78 is 11.1. The third kappa shape index (κ3) is 1.88. The number of rotatable bonds is 4. The van der Waals surface area contributed by atoms with Gasteiger partial charge in [0.05, 0.1) is 23.4 Å². The predicted octanol–water partition coefficient (Wildman–Crippen LogP) is -0.952. The molecule has 0 aromatic rings. The molecule has 5 aliphatic rings. The maximum Gasteiger partial charge on any atom is 0.404 e. The summed E-state index contributed by atoms with van der Waals surface area (Å²) in [7, 11) is 3.57. The van der Waals surface area contributed by atoms with Gasteiger partial charge in [-0.25, -0.2) is 4.79 Å². The maximum absolute atomic E-state index is 13.4. The van der Waals surface area contributed by atoms with Gasteiger partial charge in [-0.05, 0) is 14.0 Å². The van der Waals surface area contributed by atoms with Crippen LogP contribution in [0.1, 0.15) is 6.92 Å². The molecule has 0 aromatic carbocycles. The molecule has 4 heterocycles. The van der Waals surface area contributed by atoms with Crippen molar-refractivity contribution in [2.45, 2.75) is 24.7 Å². The molecule has 0 saturated carbocycles. The van der Waals surface area contributed by atoms with Gasteiger partial charge in [0.1, 0.15) is 6.61 Å². The van der Waals surface area contributed by atoms with Crippen molar-refractivity contribution in [3.05, 3.63) is 22.5 Å². The van der Waals surface area contributed by atoms with Crippen LogP contribution in [0.4, 0.5) is 4.79 Å². The molecule has 4 aliphatic heterocycles. The number of piperazine rings is 1. The summed E-state index contributed by atoms with van der Waals surface area (Å²) in [6.07, 6.45) is -0.909. The zero-order valence-electron chi connectivity index (χ0n) is 15.5. The minimum absolute atomic E-state index is 0.0279. The average molecular weight is 374 g/mol. The van der Waals surface area contributed by atoms with Crippen LogP contribution in [-0.4, -0.2) is 90.6 Å². The summed E-state index contributed by atoms with van der Waals surface area (Å²) in [5, 5.41) is 0. The first-order chi connectivity index (χ1) is 12.8. The summed E-state index contributed by atoms with van der Waals surface area (Å²) in [5.74, 6) is -0.869. The second-order valence-corrected chi connectivity index (χ2v) is 7.81. The van der Waals surface area contributed by atoms with E-state index in [1.165, 1.54) is 0 Å². The Morgan fingerprint density at radius 1 is 1.26 bits per heavy atom. The number of Topliss-reactive ketones (excluding diaryl/α,β-unsaturated/α-hetero) is 2. The molecule has 1 aliphatic carbocycles. The van der Waals surface area contributed by atoms with Crippen LogP contribution in [0.15, 0.2) is 22.5 Å². The first kappa shape index (κ1) is 16.8. The lowest BCUT2D eigenvalue weighted by atomic mass is 9.82. The van der Waals surface area contributed by atoms with E-state index < -0.39 is 17.7 Å². The fraction of sp³-hybridized carbons (Fsp3) is 0.611. The number of hydrogen-bond donors (Lipinski definition) is 1. The molecule has 5 atom stereocenters. The molecule has 27 heavy (non-hydrogen) atoms. The van der Waals surface area contributed by atoms with E-state index in [0.29, 0.717) is 29.1 Å². The highest BCUT2D eigenvalue weighted by atomic mass is 16.6. The number of likely N-dealkylation sites (N-methyl/N-ethyl adjacent to an activating group) is 1. The number of primary amides is 1. The number of fused-ring (bicyclic) bond motifs is 4. The largest absolute Gasteiger partial charge is 0.449 e. The number of hydrogen-bond acceptors (Lipinski definition) is 8. The SMILES string of the molecule is COC12[C@@H](COC(N)=O)C3=C(C(=O)C(C)=C(N4CC4)C3=O)N1C[C@@H]1[C@H]2N1C. The van der Waals surface area contributed by atoms with Crippen molar-refractivity contribution in [2.24, 2.45) is 11.7 Å². The van der Waals surface area contributed by atoms with Gasteiger partial charge in [-0.2, -0.15) is 0 Å². The molecule has 5 rings (SSSR count). The van der Waals surface area contributed by atoms with Gasteiger partial charge in [-0.15, -0.1) is 0 Å². The van der Waals surface area contributed by atoms with E-state index in [2.05, 4.69) is 4.90 Å². The molecule has 0 radical (unpaired) electrons. The van der Waals surface area contributed by atoms with Crippen LogP contribution in [0.5, 0.6) is 0 Å². The highest BCUT2D eigenvalue weighted by Gasteiger charge is 2.75. The van der Waals surface area contributed by atoms with Gasteiger partial charge in [0, 0.05) is 43.9 Å². The van der Waals surface area contributed by atoms with Crippen LogP contribution in [0, 0.1) is 5.92 Å². The van der Waals surface area contributed by atoms with Crippen LogP contribution >= 0.6 is 0 Å². The number of nitrogens with two attached hydrogens (primary N) is 1. The molecule has 2 N–H and O–H groups in total. The number of ketones is 2. The number of amides is 1. The lowest BCUT2D eigenvalue weighted by molar-refractivity contribution is -0.144. The Labute approximate surface area is 156 Å². The molecule has 0 spiro atoms. The van der Waals surface area contributed by atoms with Crippen molar-refractivity contribution in [3.8, 4) is 0 Å². The molecule has 3 fully saturated rings. The lowest BCUT2D eigenvalue weighted by Gasteiger charge is -2.40. The van der Waals surface area contributed by atoms with Crippen LogP contribution in [0.3, 0.4) is 0 Å². The Kier molecular flexibility index (Phi) is 3.17. The first-order valence-electron chi connectivity index (χ1n) is 9.11. The van der Waals surface area contributed by atoms with Gasteiger partial charge in [0.25, 0.3) is 0 Å². The van der Waals surface area contributed by atoms with E-state index in [9.17, 15) is 14.4 Å². The molecular formula is C18H22N4O5. The summed E-state index contributed by atoms with van der Waals surface area (Å²) >= 11 is 0. The Bertz CT molecular complexity index is 860. The van der Waals surface area contributed by atoms with E-state index in [1.807, 2.05) is 16.8 Å². The molecule has 144 valence electrons. The van der Waals surface area contributed by atoms with E-state index in [-0.39, 0.29) is 30.3 Å². The van der Waals surface area contributed by atoms with Crippen molar-refractivity contribution < 1.29 is 23.9 Å². The van der Waals surface area contributed by atoms with Crippen LogP contribution in [-0.2, 0) is 19.1 Å². The van der Waals surface area contributed by atoms with Crippen LogP contribution < -0.4 is 5.73 Å². The molecule has 1 amide bonds. The van der Waals surface area contributed by atoms with Crippen LogP contribution in [0.2, 0.25) is 0 Å². The van der Waals surface area contributed by atoms with Crippen molar-refractivity contribution in [3.63, 3.8) is 0 Å². The zero-order chi connectivity index (χ0) is 19.2. The monoisotopic (exact) mass is 374 g/mol. The number of carbonyl (C=O) groups excluding carboxylic acids is 3. The number of allylic oxidation sites excluding steroid dienone is 2. The topological polar surface area (TPSA) is 105 Å². The first-order valence-corrected chi connectivity index (χ1v) is 9.11. The van der Waals surface area contributed by atoms with E-state index in [4.69, 9.17) is 15.2 Å². The molecule has 0 aromatic heterocycles. The van der Waals surface area contributed by atoms with E-state index in [1.54, 1.807) is 14.0 Å². The van der Waals surface area contributed by atoms with Crippen molar-refractivity contribution in [1.29, 1.82) is 0 Å². The van der Waals surface area contributed by atoms with Crippen molar-refractivity contribution in [1.82, 2.24) is 14.7 Å². The Balaban J connectivity index is 1.64. The molecular weight excluding hydrogens is 352 g/mol. The van der Waals surface area contributed by atoms with Gasteiger partial charge in [-0.3, -0.25) is 14.5 Å². The number of methoxy groups -OCH3 is 1. The number of carbonyl (C=O) groups is 3. The minimum Gasteiger partial charge on any atom is -0.449 e. The standard InChI is InChI=1S/C18H22N4O5/c1-8-12(21-4-5-21)15(24)11-9(7-27-17(19)25)18(26-3)16-10(20(16)2)6-22(18)13(11)14(8)23/h9-10,16H,4-7H2,1-3H3,(H2,19,25)/t9-,10+,16+,18?,20?/m0/s1. The molecule has 9 nitrogen and oxygen atoms in total. The predicted molar refractivity (Wildman–Crippen MR) is 92.1 cm³/mol. The lowest BCUT2D eigenvalue weighted by Crippen LogP contribution is -2.55. The molecule has 2 unspecified atom stereocenters. The van der Waals surface area contributed by atoms with Gasteiger partial charge in [-0.1, -0.05) is 0 Å². The summed E-state index contributed by atoms with van der Waals surface area (Å²) in [5.41, 5.74) is 6.04. The van der Waals surface area contributed by atoms with Gasteiger partial charge >= 0.3 is 6.09 Å². The second kappa shape index (κ2) is 5.11. The van der Waals surface area contributed by atoms with Crippen molar-refractivity contribution >= 4 is 17.7 Å². The maximum atomic E-state index is 13.4. The molecule has 3 saturated heterocycles. The minimum atomic E-state index is -0.909. The zero-order valence-corrected chi connectivity index (χ0v) is 15.5. The van der Waals surface area contributed by atoms with Gasteiger partial charge < -0.3 is 25.0 Å². The van der Waals surface area contributed by atoms with Gasteiger partial charge in [0.15, 0.2) is 5.72 Å².